The van der Waals surface area contributed by atoms with E-state index >= 15 is 0 Å². The Hall–Kier alpha value is -0.0500. The van der Waals surface area contributed by atoms with Gasteiger partial charge in [-0.25, -0.2) is 0 Å². The van der Waals surface area contributed by atoms with Crippen LogP contribution in [0.25, 0.3) is 0 Å². The summed E-state index contributed by atoms with van der Waals surface area (Å²) in [7, 11) is 0. The van der Waals surface area contributed by atoms with E-state index in [0.717, 1.165) is 5.03 Å². The molecule has 1 rings (SSSR count). The molecular formula is C7H13ClN2. The number of hydrogen-bond acceptors (Lipinski definition) is 2. The lowest BCUT2D eigenvalue weighted by Crippen LogP contribution is -2.57. The lowest BCUT2D eigenvalue weighted by Gasteiger charge is -2.34. The van der Waals surface area contributed by atoms with Crippen molar-refractivity contribution in [1.29, 1.82) is 0 Å². The molecule has 0 amide bonds. The van der Waals surface area contributed by atoms with Crippen molar-refractivity contribution >= 4 is 11.6 Å². The number of hydrogen-bond donors (Lipinski definition) is 2. The quantitative estimate of drug-likeness (QED) is 0.556. The second-order valence-corrected chi connectivity index (χ2v) is 3.52. The van der Waals surface area contributed by atoms with Crippen molar-refractivity contribution in [2.45, 2.75) is 19.5 Å². The lowest BCUT2D eigenvalue weighted by atomic mass is 9.94. The molecule has 2 nitrogen and oxygen atoms in total. The van der Waals surface area contributed by atoms with Crippen LogP contribution in [0.3, 0.4) is 0 Å². The highest BCUT2D eigenvalue weighted by molar-refractivity contribution is 6.29. The third-order valence-electron chi connectivity index (χ3n) is 2.01. The first-order chi connectivity index (χ1) is 4.52. The molecular weight excluding hydrogens is 148 g/mol. The molecule has 58 valence electrons. The van der Waals surface area contributed by atoms with Gasteiger partial charge in [-0.2, -0.15) is 0 Å². The smallest absolute Gasteiger partial charge is 0.0697 e. The Morgan fingerprint density at radius 3 is 2.90 bits per heavy atom. The van der Waals surface area contributed by atoms with Crippen LogP contribution in [0.2, 0.25) is 0 Å². The molecule has 0 radical (unpaired) electrons. The van der Waals surface area contributed by atoms with Crippen molar-refractivity contribution in [1.82, 2.24) is 5.32 Å². The van der Waals surface area contributed by atoms with E-state index in [9.17, 15) is 0 Å². The monoisotopic (exact) mass is 160 g/mol. The van der Waals surface area contributed by atoms with E-state index in [1.54, 1.807) is 0 Å². The predicted molar refractivity (Wildman–Crippen MR) is 43.7 cm³/mol. The fraction of sp³-hybridized carbons (Fsp3) is 0.714. The van der Waals surface area contributed by atoms with Gasteiger partial charge >= 0.3 is 0 Å². The van der Waals surface area contributed by atoms with E-state index in [-0.39, 0.29) is 5.66 Å². The highest BCUT2D eigenvalue weighted by atomic mass is 35.5. The Morgan fingerprint density at radius 2 is 2.50 bits per heavy atom. The lowest BCUT2D eigenvalue weighted by molar-refractivity contribution is 0.291. The number of nitrogens with one attached hydrogen (secondary N) is 1. The van der Waals surface area contributed by atoms with Crippen molar-refractivity contribution in [3.05, 3.63) is 11.1 Å². The van der Waals surface area contributed by atoms with Crippen LogP contribution in [-0.4, -0.2) is 12.2 Å². The molecule has 3 N–H and O–H groups in total. The Morgan fingerprint density at radius 1 is 1.90 bits per heavy atom. The highest BCUT2D eigenvalue weighted by Gasteiger charge is 2.27. The molecule has 0 aromatic rings. The second-order valence-electron chi connectivity index (χ2n) is 3.04. The molecule has 0 saturated carbocycles. The Kier molecular flexibility index (Phi) is 2.04. The van der Waals surface area contributed by atoms with Crippen molar-refractivity contribution in [3.8, 4) is 0 Å². The Labute approximate surface area is 66.4 Å². The molecule has 3 heteroatoms. The van der Waals surface area contributed by atoms with Gasteiger partial charge in [0.05, 0.1) is 5.66 Å². The summed E-state index contributed by atoms with van der Waals surface area (Å²) < 4.78 is 0. The van der Waals surface area contributed by atoms with Gasteiger partial charge in [-0.3, -0.25) is 5.32 Å². The minimum atomic E-state index is -0.293. The molecule has 0 bridgehead atoms. The summed E-state index contributed by atoms with van der Waals surface area (Å²) in [6.45, 7) is 4.71. The minimum Gasteiger partial charge on any atom is -0.313 e. The van der Waals surface area contributed by atoms with Crippen LogP contribution in [0.5, 0.6) is 0 Å². The summed E-state index contributed by atoms with van der Waals surface area (Å²) in [4.78, 5) is 0. The van der Waals surface area contributed by atoms with E-state index in [0.29, 0.717) is 12.5 Å². The van der Waals surface area contributed by atoms with Gasteiger partial charge in [-0.1, -0.05) is 24.6 Å². The summed E-state index contributed by atoms with van der Waals surface area (Å²) in [5, 5.41) is 3.99. The van der Waals surface area contributed by atoms with E-state index in [2.05, 4.69) is 12.2 Å². The molecule has 0 saturated heterocycles. The standard InChI is InChI=1S/C7H13ClN2/c1-5-3-6(8)4-10-7(5,2)9/h3,5,10H,4,9H2,1-2H3. The molecule has 1 heterocycles. The topological polar surface area (TPSA) is 38.0 Å². The molecule has 2 unspecified atom stereocenters. The molecule has 1 aliphatic heterocycles. The molecule has 2 atom stereocenters. The van der Waals surface area contributed by atoms with Gasteiger partial charge in [0.1, 0.15) is 0 Å². The summed E-state index contributed by atoms with van der Waals surface area (Å²) in [6.07, 6.45) is 2.00. The number of halogens is 1. The Balaban J connectivity index is 2.74. The molecule has 0 aromatic carbocycles. The first-order valence-corrected chi connectivity index (χ1v) is 3.80. The van der Waals surface area contributed by atoms with Gasteiger partial charge in [0.25, 0.3) is 0 Å². The zero-order valence-corrected chi connectivity index (χ0v) is 7.07. The zero-order chi connectivity index (χ0) is 7.78. The maximum Gasteiger partial charge on any atom is 0.0697 e. The minimum absolute atomic E-state index is 0.293. The number of rotatable bonds is 0. The van der Waals surface area contributed by atoms with Crippen LogP contribution in [0.4, 0.5) is 0 Å². The summed E-state index contributed by atoms with van der Waals surface area (Å²) in [5.74, 6) is 0.300. The van der Waals surface area contributed by atoms with E-state index in [4.69, 9.17) is 17.3 Å². The first-order valence-electron chi connectivity index (χ1n) is 3.42. The molecule has 0 fully saturated rings. The molecule has 0 spiro atoms. The van der Waals surface area contributed by atoms with Crippen LogP contribution in [0, 0.1) is 5.92 Å². The maximum absolute atomic E-state index is 5.87. The molecule has 0 aliphatic carbocycles. The maximum atomic E-state index is 5.87. The molecule has 1 aliphatic rings. The van der Waals surface area contributed by atoms with Crippen molar-refractivity contribution in [3.63, 3.8) is 0 Å². The third-order valence-corrected chi connectivity index (χ3v) is 2.27. The number of nitrogens with two attached hydrogens (primary N) is 1. The third kappa shape index (κ3) is 1.51. The van der Waals surface area contributed by atoms with E-state index < -0.39 is 0 Å². The summed E-state index contributed by atoms with van der Waals surface area (Å²) >= 11 is 5.78. The highest BCUT2D eigenvalue weighted by Crippen LogP contribution is 2.20. The molecule has 0 aromatic heterocycles. The Bertz CT molecular complexity index is 163. The van der Waals surface area contributed by atoms with Gasteiger partial charge in [-0.15, -0.1) is 0 Å². The second kappa shape index (κ2) is 2.53. The molecule has 10 heavy (non-hydrogen) atoms. The average Bonchev–Trinajstić information content (AvgIpc) is 1.81. The van der Waals surface area contributed by atoms with Crippen LogP contribution in [0.15, 0.2) is 11.1 Å². The van der Waals surface area contributed by atoms with Gasteiger partial charge in [-0.05, 0) is 6.92 Å². The van der Waals surface area contributed by atoms with Crippen LogP contribution in [-0.2, 0) is 0 Å². The van der Waals surface area contributed by atoms with E-state index in [1.807, 2.05) is 13.0 Å². The zero-order valence-electron chi connectivity index (χ0n) is 6.32. The predicted octanol–water partition coefficient (Wildman–Crippen LogP) is 1.02. The van der Waals surface area contributed by atoms with Crippen molar-refractivity contribution in [2.75, 3.05) is 6.54 Å². The first kappa shape index (κ1) is 8.05. The SMILES string of the molecule is CC1C=C(Cl)CNC1(C)N. The largest absolute Gasteiger partial charge is 0.313 e. The van der Waals surface area contributed by atoms with Crippen LogP contribution < -0.4 is 11.1 Å². The fourth-order valence-electron chi connectivity index (χ4n) is 0.939. The van der Waals surface area contributed by atoms with Crippen LogP contribution >= 0.6 is 11.6 Å². The van der Waals surface area contributed by atoms with Gasteiger partial charge in [0.2, 0.25) is 0 Å². The van der Waals surface area contributed by atoms with E-state index in [1.165, 1.54) is 0 Å². The van der Waals surface area contributed by atoms with Gasteiger partial charge in [0.15, 0.2) is 0 Å². The fourth-order valence-corrected chi connectivity index (χ4v) is 1.19. The van der Waals surface area contributed by atoms with Crippen LogP contribution in [0.1, 0.15) is 13.8 Å². The normalized spacial score (nSPS) is 41.2. The van der Waals surface area contributed by atoms with Gasteiger partial charge < -0.3 is 5.73 Å². The van der Waals surface area contributed by atoms with Crippen molar-refractivity contribution < 1.29 is 0 Å². The average molecular weight is 161 g/mol. The van der Waals surface area contributed by atoms with Gasteiger partial charge in [0, 0.05) is 17.5 Å². The summed E-state index contributed by atoms with van der Waals surface area (Å²) in [5.41, 5.74) is 5.58. The summed E-state index contributed by atoms with van der Waals surface area (Å²) in [6, 6.07) is 0. The van der Waals surface area contributed by atoms with Crippen molar-refractivity contribution in [2.24, 2.45) is 11.7 Å².